The number of aromatic nitrogens is 1. The van der Waals surface area contributed by atoms with Crippen LogP contribution in [0.2, 0.25) is 0 Å². The summed E-state index contributed by atoms with van der Waals surface area (Å²) in [6, 6.07) is -3.56. The van der Waals surface area contributed by atoms with Gasteiger partial charge in [-0.2, -0.15) is 21.6 Å². The number of carboxylic acids is 1. The van der Waals surface area contributed by atoms with E-state index in [1.807, 2.05) is 5.32 Å². The number of anilines is 1. The van der Waals surface area contributed by atoms with Gasteiger partial charge in [0.25, 0.3) is 11.8 Å². The van der Waals surface area contributed by atoms with Gasteiger partial charge in [-0.25, -0.2) is 18.9 Å². The summed E-state index contributed by atoms with van der Waals surface area (Å²) in [5.41, 5.74) is 2.71. The number of rotatable bonds is 10. The molecule has 19 nitrogen and oxygen atoms in total. The largest absolute Gasteiger partial charge is 0.478 e. The maximum Gasteiger partial charge on any atom is 0.422 e. The first-order chi connectivity index (χ1) is 16.3. The third-order valence-corrected chi connectivity index (χ3v) is 6.21. The van der Waals surface area contributed by atoms with Crippen molar-refractivity contribution in [3.8, 4) is 0 Å². The average Bonchev–Trinajstić information content (AvgIpc) is 3.12. The van der Waals surface area contributed by atoms with E-state index in [4.69, 9.17) is 20.2 Å². The number of carboxylic acid groups (broad SMARTS) is 1. The van der Waals surface area contributed by atoms with Gasteiger partial charge in [-0.15, -0.1) is 11.3 Å². The van der Waals surface area contributed by atoms with Gasteiger partial charge < -0.3 is 25.7 Å². The topological polar surface area (TPSA) is 294 Å². The molecule has 200 valence electrons. The van der Waals surface area contributed by atoms with E-state index in [2.05, 4.69) is 14.9 Å². The van der Waals surface area contributed by atoms with Gasteiger partial charge in [0.05, 0.1) is 0 Å². The number of nitrogens with two attached hydrogens (primary N) is 1. The monoisotopic (exact) mass is 574 g/mol. The number of nitrogens with one attached hydrogen (secondary N) is 2. The molecular formula is C14H18N6O13S3. The zero-order valence-electron chi connectivity index (χ0n) is 18.0. The highest BCUT2D eigenvalue weighted by Gasteiger charge is 2.55. The van der Waals surface area contributed by atoms with Crippen LogP contribution in [0.25, 0.3) is 0 Å². The molecule has 1 aliphatic rings. The Morgan fingerprint density at radius 2 is 1.89 bits per heavy atom. The molecule has 0 spiro atoms. The number of nitrogen functional groups attached to an aromatic ring is 1. The van der Waals surface area contributed by atoms with Gasteiger partial charge in [-0.1, -0.05) is 5.16 Å². The lowest BCUT2D eigenvalue weighted by Gasteiger charge is -2.43. The fourth-order valence-electron chi connectivity index (χ4n) is 2.43. The normalized spacial score (nSPS) is 18.7. The third-order valence-electron chi connectivity index (χ3n) is 4.16. The zero-order chi connectivity index (χ0) is 27.6. The van der Waals surface area contributed by atoms with Crippen LogP contribution < -0.4 is 15.8 Å². The molecule has 1 aromatic heterocycles. The van der Waals surface area contributed by atoms with Crippen molar-refractivity contribution in [3.05, 3.63) is 11.1 Å². The summed E-state index contributed by atoms with van der Waals surface area (Å²) in [6.45, 7) is 1.12. The second-order valence-electron chi connectivity index (χ2n) is 7.22. The SMILES string of the molecule is CC(C)(O/N=C(\C(=O)N[C@H]1C(=O)N(S(=O)(=O)O)[C@H]1COC(=O)NS(=O)(=O)O)c1csc(N)n1)C(=O)O. The number of hydrogen-bond acceptors (Lipinski definition) is 14. The highest BCUT2D eigenvalue weighted by molar-refractivity contribution is 7.84. The molecule has 2 rings (SSSR count). The Morgan fingerprint density at radius 3 is 2.36 bits per heavy atom. The number of β-lactam (4-membered cyclic amide) rings is 1. The average molecular weight is 575 g/mol. The van der Waals surface area contributed by atoms with Gasteiger partial charge in [0.2, 0.25) is 5.60 Å². The van der Waals surface area contributed by atoms with E-state index in [-0.39, 0.29) is 15.1 Å². The number of carbonyl (C=O) groups excluding carboxylic acids is 3. The Hall–Kier alpha value is -3.60. The summed E-state index contributed by atoms with van der Waals surface area (Å²) in [4.78, 5) is 56.5. The van der Waals surface area contributed by atoms with E-state index in [9.17, 15) is 40.6 Å². The molecule has 1 saturated heterocycles. The van der Waals surface area contributed by atoms with Crippen LogP contribution in [-0.4, -0.2) is 94.2 Å². The molecule has 1 fully saturated rings. The molecular weight excluding hydrogens is 556 g/mol. The molecule has 0 aromatic carbocycles. The quantitative estimate of drug-likeness (QED) is 0.0719. The Labute approximate surface area is 206 Å². The lowest BCUT2D eigenvalue weighted by atomic mass is 9.99. The first-order valence-electron chi connectivity index (χ1n) is 9.08. The third kappa shape index (κ3) is 6.97. The molecule has 0 radical (unpaired) electrons. The Kier molecular flexibility index (Phi) is 8.09. The maximum atomic E-state index is 12.9. The Balaban J connectivity index is 2.30. The summed E-state index contributed by atoms with van der Waals surface area (Å²) in [7, 11) is -10.3. The molecule has 0 unspecified atom stereocenters. The standard InChI is InChI=1S/C14H18N6O13S3/c1-14(2,11(23)24)33-18-7(5-4-34-12(15)16-5)9(21)17-8-6(20(10(8)22)36(29,30)31)3-32-13(25)19-35(26,27)28/h4,6,8H,3H2,1-2H3,(H2,15,16)(H,17,21)(H,19,25)(H,23,24)(H,26,27,28)(H,29,30,31)/b18-7-/t6-,8+/m0/s1. The van der Waals surface area contributed by atoms with Gasteiger partial charge in [-0.3, -0.25) is 18.7 Å². The van der Waals surface area contributed by atoms with Gasteiger partial charge in [0.1, 0.15) is 24.4 Å². The number of thiazole rings is 1. The summed E-state index contributed by atoms with van der Waals surface area (Å²) >= 11 is 0.862. The zero-order valence-corrected chi connectivity index (χ0v) is 20.5. The lowest BCUT2D eigenvalue weighted by Crippen LogP contribution is -2.73. The van der Waals surface area contributed by atoms with E-state index >= 15 is 0 Å². The van der Waals surface area contributed by atoms with Gasteiger partial charge in [0.15, 0.2) is 10.8 Å². The minimum absolute atomic E-state index is 0.0311. The summed E-state index contributed by atoms with van der Waals surface area (Å²) in [5, 5.41) is 15.9. The fourth-order valence-corrected chi connectivity index (χ4v) is 4.11. The van der Waals surface area contributed by atoms with Crippen molar-refractivity contribution in [3.63, 3.8) is 0 Å². The number of ether oxygens (including phenoxy) is 1. The molecule has 0 bridgehead atoms. The van der Waals surface area contributed by atoms with E-state index in [1.54, 1.807) is 0 Å². The van der Waals surface area contributed by atoms with Crippen molar-refractivity contribution in [2.75, 3.05) is 12.3 Å². The second kappa shape index (κ2) is 10.2. The molecule has 3 amide bonds. The highest BCUT2D eigenvalue weighted by Crippen LogP contribution is 2.24. The molecule has 1 aromatic rings. The molecule has 1 aliphatic heterocycles. The van der Waals surface area contributed by atoms with Gasteiger partial charge in [-0.05, 0) is 13.8 Å². The van der Waals surface area contributed by atoms with Crippen LogP contribution >= 0.6 is 11.3 Å². The molecule has 36 heavy (non-hydrogen) atoms. The van der Waals surface area contributed by atoms with Crippen LogP contribution in [0, 0.1) is 0 Å². The molecule has 2 heterocycles. The number of amides is 3. The van der Waals surface area contributed by atoms with Crippen molar-refractivity contribution in [2.45, 2.75) is 31.5 Å². The van der Waals surface area contributed by atoms with Crippen molar-refractivity contribution in [1.29, 1.82) is 0 Å². The van der Waals surface area contributed by atoms with Crippen molar-refractivity contribution in [1.82, 2.24) is 19.3 Å². The van der Waals surface area contributed by atoms with Gasteiger partial charge >= 0.3 is 32.7 Å². The van der Waals surface area contributed by atoms with Crippen LogP contribution in [0.3, 0.4) is 0 Å². The fraction of sp³-hybridized carbons (Fsp3) is 0.429. The number of hydrogen-bond donors (Lipinski definition) is 6. The Morgan fingerprint density at radius 1 is 1.28 bits per heavy atom. The molecule has 0 aliphatic carbocycles. The molecule has 22 heteroatoms. The smallest absolute Gasteiger partial charge is 0.422 e. The van der Waals surface area contributed by atoms with E-state index < -0.39 is 74.5 Å². The number of carbonyl (C=O) groups is 4. The van der Waals surface area contributed by atoms with E-state index in [1.165, 1.54) is 5.38 Å². The highest BCUT2D eigenvalue weighted by atomic mass is 32.2. The van der Waals surface area contributed by atoms with Crippen molar-refractivity contribution >= 4 is 66.7 Å². The van der Waals surface area contributed by atoms with E-state index in [0.717, 1.165) is 29.9 Å². The number of aliphatic carboxylic acids is 1. The first-order valence-corrected chi connectivity index (χ1v) is 12.8. The van der Waals surface area contributed by atoms with Crippen LogP contribution in [0.1, 0.15) is 19.5 Å². The van der Waals surface area contributed by atoms with Crippen LogP contribution in [-0.2, 0) is 44.6 Å². The van der Waals surface area contributed by atoms with Crippen molar-refractivity contribution < 1.29 is 59.8 Å². The minimum Gasteiger partial charge on any atom is -0.478 e. The van der Waals surface area contributed by atoms with Crippen LogP contribution in [0.4, 0.5) is 9.93 Å². The van der Waals surface area contributed by atoms with E-state index in [0.29, 0.717) is 0 Å². The maximum absolute atomic E-state index is 12.9. The predicted molar refractivity (Wildman–Crippen MR) is 116 cm³/mol. The number of nitrogens with zero attached hydrogens (tertiary/aromatic N) is 3. The lowest BCUT2D eigenvalue weighted by molar-refractivity contribution is -0.161. The van der Waals surface area contributed by atoms with Crippen LogP contribution in [0.5, 0.6) is 0 Å². The molecule has 2 atom stereocenters. The Bertz CT molecular complexity index is 1320. The summed E-state index contributed by atoms with van der Waals surface area (Å²) in [5.74, 6) is -4.09. The molecule has 7 N–H and O–H groups in total. The number of oxime groups is 1. The summed E-state index contributed by atoms with van der Waals surface area (Å²) < 4.78 is 67.4. The molecule has 0 saturated carbocycles. The van der Waals surface area contributed by atoms with Crippen molar-refractivity contribution in [2.24, 2.45) is 5.16 Å². The predicted octanol–water partition coefficient (Wildman–Crippen LogP) is -2.66. The minimum atomic E-state index is -5.22. The second-order valence-corrected chi connectivity index (χ2v) is 10.6. The van der Waals surface area contributed by atoms with Gasteiger partial charge in [0, 0.05) is 5.38 Å². The first kappa shape index (κ1) is 28.6. The van der Waals surface area contributed by atoms with Crippen LogP contribution in [0.15, 0.2) is 10.5 Å². The summed E-state index contributed by atoms with van der Waals surface area (Å²) in [6.07, 6.45) is -1.78.